The molecule has 1 N–H and O–H groups in total. The Balaban J connectivity index is 2.39. The summed E-state index contributed by atoms with van der Waals surface area (Å²) in [5, 5.41) is 2.90. The van der Waals surface area contributed by atoms with E-state index < -0.39 is 33.9 Å². The molecule has 2 rings (SSSR count). The van der Waals surface area contributed by atoms with E-state index in [4.69, 9.17) is 14.0 Å². The molecule has 0 aliphatic heterocycles. The third kappa shape index (κ3) is 10.2. The van der Waals surface area contributed by atoms with Crippen LogP contribution in [0.3, 0.4) is 0 Å². The summed E-state index contributed by atoms with van der Waals surface area (Å²) in [5.41, 5.74) is 0.259. The summed E-state index contributed by atoms with van der Waals surface area (Å²) in [5.74, 6) is 0.624. The number of hydrogen-bond acceptors (Lipinski definition) is 6. The average molecular weight is 618 g/mol. The van der Waals surface area contributed by atoms with Gasteiger partial charge in [-0.1, -0.05) is 41.9 Å². The molecule has 0 aromatic heterocycles. The molecule has 8 nitrogen and oxygen atoms in total. The molecule has 11 heteroatoms. The highest BCUT2D eigenvalue weighted by atomic mass is 79.9. The van der Waals surface area contributed by atoms with Gasteiger partial charge in [0, 0.05) is 27.0 Å². The number of nitrogens with zero attached hydrogens (tertiary/aromatic N) is 1. The average Bonchev–Trinajstić information content (AvgIpc) is 2.81. The SMILES string of the molecule is COc1ccc(S(=O)(=O)N(CC(C)C)C[C@@H](OP)[C@H](Cc2ccc(Br)cc2)NC(=O)OC(C)(C)C)cc1. The largest absolute Gasteiger partial charge is 0.497 e. The highest BCUT2D eigenvalue weighted by Crippen LogP contribution is 2.23. The Morgan fingerprint density at radius 3 is 2.14 bits per heavy atom. The van der Waals surface area contributed by atoms with Gasteiger partial charge in [-0.05, 0) is 75.1 Å². The Hall–Kier alpha value is -1.71. The van der Waals surface area contributed by atoms with E-state index in [1.807, 2.05) is 38.1 Å². The molecule has 0 saturated heterocycles. The molecular weight excluding hydrogens is 579 g/mol. The van der Waals surface area contributed by atoms with Crippen molar-refractivity contribution in [3.8, 4) is 5.75 Å². The van der Waals surface area contributed by atoms with Gasteiger partial charge in [0.1, 0.15) is 11.4 Å². The number of benzene rings is 2. The number of ether oxygens (including phenoxy) is 2. The Bertz CT molecular complexity index is 1110. The Labute approximate surface area is 231 Å². The number of hydrogen-bond donors (Lipinski definition) is 1. The molecule has 206 valence electrons. The molecule has 0 heterocycles. The minimum atomic E-state index is -3.86. The van der Waals surface area contributed by atoms with Crippen molar-refractivity contribution in [2.45, 2.75) is 63.7 Å². The fourth-order valence-corrected chi connectivity index (χ4v) is 5.81. The number of alkyl carbamates (subject to hydrolysis) is 1. The molecule has 0 radical (unpaired) electrons. The lowest BCUT2D eigenvalue weighted by Crippen LogP contribution is -2.52. The highest BCUT2D eigenvalue weighted by molar-refractivity contribution is 9.10. The number of sulfonamides is 1. The molecule has 0 saturated carbocycles. The number of halogens is 1. The molecule has 3 atom stereocenters. The molecule has 0 fully saturated rings. The number of nitrogens with one attached hydrogen (secondary N) is 1. The smallest absolute Gasteiger partial charge is 0.407 e. The van der Waals surface area contributed by atoms with E-state index >= 15 is 0 Å². The molecule has 0 spiro atoms. The van der Waals surface area contributed by atoms with Crippen LogP contribution in [-0.4, -0.2) is 56.8 Å². The van der Waals surface area contributed by atoms with Crippen LogP contribution in [0.2, 0.25) is 0 Å². The summed E-state index contributed by atoms with van der Waals surface area (Å²) < 4.78 is 46.0. The van der Waals surface area contributed by atoms with E-state index in [-0.39, 0.29) is 23.9 Å². The third-order valence-electron chi connectivity index (χ3n) is 5.34. The zero-order valence-corrected chi connectivity index (χ0v) is 25.8. The third-order valence-corrected chi connectivity index (χ3v) is 8.07. The second kappa shape index (κ2) is 13.9. The molecule has 0 bridgehead atoms. The van der Waals surface area contributed by atoms with E-state index in [2.05, 4.69) is 30.7 Å². The fraction of sp³-hybridized carbons (Fsp3) is 0.500. The van der Waals surface area contributed by atoms with Gasteiger partial charge >= 0.3 is 6.09 Å². The Morgan fingerprint density at radius 1 is 1.05 bits per heavy atom. The van der Waals surface area contributed by atoms with E-state index in [0.717, 1.165) is 10.0 Å². The summed E-state index contributed by atoms with van der Waals surface area (Å²) in [4.78, 5) is 12.9. The molecular formula is C26H38BrN2O6PS. The Kier molecular flexibility index (Phi) is 11.8. The quantitative estimate of drug-likeness (QED) is 0.320. The van der Waals surface area contributed by atoms with Gasteiger partial charge in [0.05, 0.1) is 24.2 Å². The van der Waals surface area contributed by atoms with Crippen LogP contribution in [0.1, 0.15) is 40.2 Å². The van der Waals surface area contributed by atoms with Crippen LogP contribution >= 0.6 is 25.4 Å². The molecule has 37 heavy (non-hydrogen) atoms. The van der Waals surface area contributed by atoms with Crippen LogP contribution in [-0.2, 0) is 25.7 Å². The zero-order valence-electron chi connectivity index (χ0n) is 22.2. The van der Waals surface area contributed by atoms with Gasteiger partial charge in [0.15, 0.2) is 0 Å². The maximum absolute atomic E-state index is 13.7. The van der Waals surface area contributed by atoms with Crippen LogP contribution in [0.25, 0.3) is 0 Å². The summed E-state index contributed by atoms with van der Waals surface area (Å²) >= 11 is 3.44. The van der Waals surface area contributed by atoms with E-state index in [9.17, 15) is 13.2 Å². The van der Waals surface area contributed by atoms with Gasteiger partial charge < -0.3 is 19.3 Å². The van der Waals surface area contributed by atoms with Crippen LogP contribution in [0.5, 0.6) is 5.75 Å². The minimum absolute atomic E-state index is 0.0209. The van der Waals surface area contributed by atoms with Crippen LogP contribution in [0, 0.1) is 5.92 Å². The molecule has 2 aromatic carbocycles. The second-order valence-corrected chi connectivity index (χ2v) is 13.3. The van der Waals surface area contributed by atoms with Crippen LogP contribution in [0.4, 0.5) is 4.79 Å². The topological polar surface area (TPSA) is 94.2 Å². The molecule has 0 aliphatic carbocycles. The van der Waals surface area contributed by atoms with Crippen molar-refractivity contribution >= 4 is 41.5 Å². The van der Waals surface area contributed by atoms with Crippen molar-refractivity contribution in [2.24, 2.45) is 5.92 Å². The Morgan fingerprint density at radius 2 is 1.65 bits per heavy atom. The second-order valence-electron chi connectivity index (χ2n) is 10.1. The van der Waals surface area contributed by atoms with Crippen molar-refractivity contribution < 1.29 is 27.2 Å². The predicted octanol–water partition coefficient (Wildman–Crippen LogP) is 5.42. The molecule has 1 unspecified atom stereocenters. The first-order valence-corrected chi connectivity index (χ1v) is 14.7. The van der Waals surface area contributed by atoms with Crippen molar-refractivity contribution in [1.82, 2.24) is 9.62 Å². The zero-order chi connectivity index (χ0) is 27.8. The first-order valence-electron chi connectivity index (χ1n) is 12.0. The predicted molar refractivity (Wildman–Crippen MR) is 152 cm³/mol. The number of carbonyl (C=O) groups is 1. The van der Waals surface area contributed by atoms with Crippen molar-refractivity contribution in [3.05, 3.63) is 58.6 Å². The number of methoxy groups -OCH3 is 1. The molecule has 1 amide bonds. The van der Waals surface area contributed by atoms with Gasteiger partial charge in [0.2, 0.25) is 10.0 Å². The standard InChI is InChI=1S/C26H38BrN2O6PS/c1-18(2)16-29(37(31,32)22-13-11-21(33-6)12-14-22)17-24(35-36)23(28-25(30)34-26(3,4)5)15-19-7-9-20(27)10-8-19/h7-14,18,23-24H,15-17,36H2,1-6H3,(H,28,30)/t23-,24+/m0/s1. The summed E-state index contributed by atoms with van der Waals surface area (Å²) in [7, 11) is -0.114. The number of amides is 1. The maximum Gasteiger partial charge on any atom is 0.407 e. The summed E-state index contributed by atoms with van der Waals surface area (Å²) in [6.07, 6.45) is -0.882. The van der Waals surface area contributed by atoms with E-state index in [1.165, 1.54) is 23.5 Å². The monoisotopic (exact) mass is 616 g/mol. The maximum atomic E-state index is 13.7. The van der Waals surface area contributed by atoms with Gasteiger partial charge in [-0.3, -0.25) is 0 Å². The van der Waals surface area contributed by atoms with Gasteiger partial charge in [0.25, 0.3) is 0 Å². The van der Waals surface area contributed by atoms with Crippen molar-refractivity contribution in [3.63, 3.8) is 0 Å². The lowest BCUT2D eigenvalue weighted by atomic mass is 10.0. The van der Waals surface area contributed by atoms with E-state index in [0.29, 0.717) is 12.2 Å². The molecule has 2 aromatic rings. The van der Waals surface area contributed by atoms with Crippen LogP contribution < -0.4 is 10.1 Å². The highest BCUT2D eigenvalue weighted by Gasteiger charge is 2.33. The number of rotatable bonds is 12. The van der Waals surface area contributed by atoms with Gasteiger partial charge in [-0.25, -0.2) is 13.2 Å². The number of carbonyl (C=O) groups excluding carboxylic acids is 1. The fourth-order valence-electron chi connectivity index (χ4n) is 3.65. The lowest BCUT2D eigenvalue weighted by Gasteiger charge is -2.33. The van der Waals surface area contributed by atoms with Gasteiger partial charge in [-0.15, -0.1) is 0 Å². The summed E-state index contributed by atoms with van der Waals surface area (Å²) in [6.45, 7) is 9.55. The van der Waals surface area contributed by atoms with E-state index in [1.54, 1.807) is 32.9 Å². The minimum Gasteiger partial charge on any atom is -0.497 e. The first kappa shape index (κ1) is 31.5. The summed E-state index contributed by atoms with van der Waals surface area (Å²) in [6, 6.07) is 13.4. The normalized spacial score (nSPS) is 13.9. The van der Waals surface area contributed by atoms with Gasteiger partial charge in [-0.2, -0.15) is 4.31 Å². The van der Waals surface area contributed by atoms with Crippen LogP contribution in [0.15, 0.2) is 57.9 Å². The van der Waals surface area contributed by atoms with Crippen molar-refractivity contribution in [2.75, 3.05) is 20.2 Å². The van der Waals surface area contributed by atoms with Crippen molar-refractivity contribution in [1.29, 1.82) is 0 Å². The first-order chi connectivity index (χ1) is 17.2. The molecule has 0 aliphatic rings. The lowest BCUT2D eigenvalue weighted by molar-refractivity contribution is 0.0444.